The minimum atomic E-state index is 0. The van der Waals surface area contributed by atoms with E-state index < -0.39 is 0 Å². The monoisotopic (exact) mass is 195 g/mol. The van der Waals surface area contributed by atoms with Crippen molar-refractivity contribution >= 4 is 18.5 Å². The number of aryl methyl sites for hydroxylation is 1. The average molecular weight is 196 g/mol. The first-order chi connectivity index (χ1) is 5.68. The first-order valence-corrected chi connectivity index (χ1v) is 4.23. The molecule has 1 aromatic rings. The summed E-state index contributed by atoms with van der Waals surface area (Å²) in [5.41, 5.74) is 11.1. The van der Waals surface area contributed by atoms with Gasteiger partial charge in [0.25, 0.3) is 0 Å². The number of hydrogen-bond acceptors (Lipinski definition) is 1. The summed E-state index contributed by atoms with van der Waals surface area (Å²) in [5, 5.41) is 0. The molecule has 1 atom stereocenters. The van der Waals surface area contributed by atoms with Crippen LogP contribution in [-0.2, 0) is 0 Å². The van der Waals surface area contributed by atoms with Crippen LogP contribution in [0.1, 0.15) is 29.7 Å². The number of hydrogen-bond donors (Lipinski definition) is 1. The van der Waals surface area contributed by atoms with Crippen LogP contribution in [-0.4, -0.2) is 0 Å². The Hall–Kier alpha value is -0.790. The molecular weight excluding hydrogens is 182 g/mol. The minimum Gasteiger partial charge on any atom is -0.321 e. The lowest BCUT2D eigenvalue weighted by atomic mass is 10.0. The van der Waals surface area contributed by atoms with Gasteiger partial charge in [-0.2, -0.15) is 0 Å². The highest BCUT2D eigenvalue weighted by atomic mass is 35.5. The molecule has 0 bridgehead atoms. The van der Waals surface area contributed by atoms with Gasteiger partial charge in [0.2, 0.25) is 0 Å². The van der Waals surface area contributed by atoms with Crippen LogP contribution in [0.25, 0.3) is 6.08 Å². The molecule has 0 saturated heterocycles. The van der Waals surface area contributed by atoms with Crippen LogP contribution < -0.4 is 5.73 Å². The fourth-order valence-corrected chi connectivity index (χ4v) is 1.68. The van der Waals surface area contributed by atoms with Crippen molar-refractivity contribution in [3.05, 3.63) is 40.5 Å². The highest BCUT2D eigenvalue weighted by molar-refractivity contribution is 5.85. The molecule has 0 aromatic heterocycles. The molecule has 1 aromatic carbocycles. The Bertz CT molecular complexity index is 355. The number of halogens is 1. The second-order valence-corrected chi connectivity index (χ2v) is 3.50. The van der Waals surface area contributed by atoms with Crippen molar-refractivity contribution in [3.63, 3.8) is 0 Å². The van der Waals surface area contributed by atoms with Crippen LogP contribution in [0.2, 0.25) is 0 Å². The van der Waals surface area contributed by atoms with Gasteiger partial charge in [-0.1, -0.05) is 35.4 Å². The van der Waals surface area contributed by atoms with Crippen LogP contribution in [0.3, 0.4) is 0 Å². The summed E-state index contributed by atoms with van der Waals surface area (Å²) in [6.07, 6.45) is 2.17. The molecule has 0 aliphatic heterocycles. The van der Waals surface area contributed by atoms with Crippen LogP contribution in [0, 0.1) is 6.92 Å². The Morgan fingerprint density at radius 3 is 2.62 bits per heavy atom. The summed E-state index contributed by atoms with van der Waals surface area (Å²) >= 11 is 0. The molecule has 0 radical (unpaired) electrons. The van der Waals surface area contributed by atoms with Gasteiger partial charge in [-0.05, 0) is 25.0 Å². The zero-order valence-corrected chi connectivity index (χ0v) is 8.69. The number of nitrogens with two attached hydrogens (primary N) is 1. The smallest absolute Gasteiger partial charge is 0.0517 e. The fourth-order valence-electron chi connectivity index (χ4n) is 1.68. The summed E-state index contributed by atoms with van der Waals surface area (Å²) in [6, 6.07) is 6.56. The van der Waals surface area contributed by atoms with E-state index in [1.54, 1.807) is 0 Å². The van der Waals surface area contributed by atoms with E-state index >= 15 is 0 Å². The third-order valence-electron chi connectivity index (χ3n) is 2.45. The molecule has 0 spiro atoms. The third kappa shape index (κ3) is 1.62. The first-order valence-electron chi connectivity index (χ1n) is 4.23. The molecule has 0 heterocycles. The Kier molecular flexibility index (Phi) is 2.79. The van der Waals surface area contributed by atoms with Gasteiger partial charge in [0.15, 0.2) is 0 Å². The minimum absolute atomic E-state index is 0. The molecule has 13 heavy (non-hydrogen) atoms. The Morgan fingerprint density at radius 2 is 1.92 bits per heavy atom. The van der Waals surface area contributed by atoms with Gasteiger partial charge >= 0.3 is 0 Å². The van der Waals surface area contributed by atoms with Crippen molar-refractivity contribution in [1.82, 2.24) is 0 Å². The van der Waals surface area contributed by atoms with Crippen molar-refractivity contribution in [2.75, 3.05) is 0 Å². The number of rotatable bonds is 0. The van der Waals surface area contributed by atoms with E-state index in [-0.39, 0.29) is 18.4 Å². The van der Waals surface area contributed by atoms with E-state index in [0.717, 1.165) is 0 Å². The second-order valence-electron chi connectivity index (χ2n) is 3.50. The zero-order chi connectivity index (χ0) is 8.72. The molecule has 1 aliphatic carbocycles. The van der Waals surface area contributed by atoms with Gasteiger partial charge < -0.3 is 5.73 Å². The van der Waals surface area contributed by atoms with Crippen LogP contribution in [0.15, 0.2) is 23.8 Å². The molecule has 0 saturated carbocycles. The quantitative estimate of drug-likeness (QED) is 0.677. The predicted molar refractivity (Wildman–Crippen MR) is 59.0 cm³/mol. The summed E-state index contributed by atoms with van der Waals surface area (Å²) in [5.74, 6) is 0. The topological polar surface area (TPSA) is 26.0 Å². The molecule has 70 valence electrons. The zero-order valence-electron chi connectivity index (χ0n) is 7.87. The predicted octanol–water partition coefficient (Wildman–Crippen LogP) is 2.83. The molecular formula is C11H14ClN. The lowest BCUT2D eigenvalue weighted by molar-refractivity contribution is 0.869. The maximum Gasteiger partial charge on any atom is 0.0517 e. The van der Waals surface area contributed by atoms with E-state index in [1.807, 2.05) is 0 Å². The van der Waals surface area contributed by atoms with Crippen molar-refractivity contribution in [1.29, 1.82) is 0 Å². The van der Waals surface area contributed by atoms with Crippen molar-refractivity contribution < 1.29 is 0 Å². The Balaban J connectivity index is 0.000000845. The van der Waals surface area contributed by atoms with Crippen LogP contribution in [0.5, 0.6) is 0 Å². The highest BCUT2D eigenvalue weighted by Crippen LogP contribution is 2.32. The molecule has 1 nitrogen and oxygen atoms in total. The summed E-state index contributed by atoms with van der Waals surface area (Å²) in [7, 11) is 0. The van der Waals surface area contributed by atoms with Crippen molar-refractivity contribution in [2.45, 2.75) is 19.9 Å². The maximum absolute atomic E-state index is 5.99. The standard InChI is InChI=1S/C11H13N.ClH/c1-7-3-4-9-6-8(2)11(12)10(9)5-7;/h3-6,11H,12H2,1-2H3;1H/t11-;/m1./s1. The molecule has 2 heteroatoms. The first kappa shape index (κ1) is 10.3. The van der Waals surface area contributed by atoms with E-state index in [1.165, 1.54) is 22.3 Å². The van der Waals surface area contributed by atoms with Crippen molar-refractivity contribution in [3.8, 4) is 0 Å². The third-order valence-corrected chi connectivity index (χ3v) is 2.45. The summed E-state index contributed by atoms with van der Waals surface area (Å²) in [6.45, 7) is 4.18. The SMILES string of the molecule is CC1=Cc2ccc(C)cc2[C@@H]1N.Cl. The lowest BCUT2D eigenvalue weighted by Crippen LogP contribution is -2.08. The second kappa shape index (κ2) is 3.52. The van der Waals surface area contributed by atoms with Gasteiger partial charge in [0.05, 0.1) is 6.04 Å². The highest BCUT2D eigenvalue weighted by Gasteiger charge is 2.17. The van der Waals surface area contributed by atoms with E-state index in [4.69, 9.17) is 5.73 Å². The molecule has 0 fully saturated rings. The maximum atomic E-state index is 5.99. The summed E-state index contributed by atoms with van der Waals surface area (Å²) in [4.78, 5) is 0. The van der Waals surface area contributed by atoms with Crippen molar-refractivity contribution in [2.24, 2.45) is 5.73 Å². The lowest BCUT2D eigenvalue weighted by Gasteiger charge is -2.07. The molecule has 2 N–H and O–H groups in total. The largest absolute Gasteiger partial charge is 0.321 e. The summed E-state index contributed by atoms with van der Waals surface area (Å²) < 4.78 is 0. The fraction of sp³-hybridized carbons (Fsp3) is 0.273. The van der Waals surface area contributed by atoms with E-state index in [0.29, 0.717) is 0 Å². The van der Waals surface area contributed by atoms with Gasteiger partial charge in [0, 0.05) is 0 Å². The van der Waals surface area contributed by atoms with Crippen LogP contribution in [0.4, 0.5) is 0 Å². The average Bonchev–Trinajstić information content (AvgIpc) is 2.31. The van der Waals surface area contributed by atoms with Gasteiger partial charge in [-0.25, -0.2) is 0 Å². The van der Waals surface area contributed by atoms with Gasteiger partial charge in [0.1, 0.15) is 0 Å². The molecule has 1 aliphatic rings. The van der Waals surface area contributed by atoms with E-state index in [2.05, 4.69) is 38.1 Å². The molecule has 2 rings (SSSR count). The normalized spacial score (nSPS) is 19.0. The van der Waals surface area contributed by atoms with Crippen LogP contribution >= 0.6 is 12.4 Å². The van der Waals surface area contributed by atoms with Gasteiger partial charge in [-0.3, -0.25) is 0 Å². The Morgan fingerprint density at radius 1 is 1.23 bits per heavy atom. The number of benzene rings is 1. The number of fused-ring (bicyclic) bond motifs is 1. The van der Waals surface area contributed by atoms with Gasteiger partial charge in [-0.15, -0.1) is 12.4 Å². The van der Waals surface area contributed by atoms with E-state index in [9.17, 15) is 0 Å². The molecule has 0 unspecified atom stereocenters. The molecule has 0 amide bonds. The Labute approximate surface area is 85.1 Å².